The average Bonchev–Trinajstić information content (AvgIpc) is 2.84. The van der Waals surface area contributed by atoms with E-state index in [1.807, 2.05) is 6.07 Å². The topological polar surface area (TPSA) is 87.8 Å². The minimum absolute atomic E-state index is 0.0173. The first-order valence-electron chi connectivity index (χ1n) is 5.49. The van der Waals surface area contributed by atoms with Crippen LogP contribution in [-0.2, 0) is 17.1 Å². The van der Waals surface area contributed by atoms with Crippen molar-refractivity contribution >= 4 is 10.0 Å². The van der Waals surface area contributed by atoms with Crippen LogP contribution in [0.4, 0.5) is 0 Å². The highest BCUT2D eigenvalue weighted by atomic mass is 32.2. The molecule has 0 spiro atoms. The summed E-state index contributed by atoms with van der Waals surface area (Å²) in [5.74, 6) is 0. The lowest BCUT2D eigenvalue weighted by atomic mass is 10.1. The van der Waals surface area contributed by atoms with Crippen molar-refractivity contribution in [1.82, 2.24) is 14.5 Å². The Balaban J connectivity index is 2.30. The first-order valence-corrected chi connectivity index (χ1v) is 6.98. The molecule has 0 saturated heterocycles. The smallest absolute Gasteiger partial charge is 0.256 e. The van der Waals surface area contributed by atoms with E-state index in [0.29, 0.717) is 5.56 Å². The molecule has 0 saturated carbocycles. The lowest BCUT2D eigenvalue weighted by molar-refractivity contribution is 0.557. The number of rotatable bonds is 4. The molecule has 19 heavy (non-hydrogen) atoms. The molecule has 2 aromatic rings. The molecule has 98 valence electrons. The Bertz CT molecular complexity index is 701. The SMILES string of the molecule is Cn1nccc1S(=O)(=O)NC(C#N)c1ccccc1. The Hall–Kier alpha value is -2.17. The van der Waals surface area contributed by atoms with E-state index in [1.54, 1.807) is 30.3 Å². The van der Waals surface area contributed by atoms with E-state index in [1.165, 1.54) is 24.0 Å². The van der Waals surface area contributed by atoms with Gasteiger partial charge in [0.05, 0.1) is 12.3 Å². The van der Waals surface area contributed by atoms with Crippen LogP contribution in [0.1, 0.15) is 11.6 Å². The minimum atomic E-state index is -3.78. The third-order valence-electron chi connectivity index (χ3n) is 2.59. The first-order chi connectivity index (χ1) is 9.04. The highest BCUT2D eigenvalue weighted by Crippen LogP contribution is 2.15. The van der Waals surface area contributed by atoms with E-state index in [2.05, 4.69) is 9.82 Å². The maximum absolute atomic E-state index is 12.1. The summed E-state index contributed by atoms with van der Waals surface area (Å²) in [4.78, 5) is 0. The molecule has 1 unspecified atom stereocenters. The highest BCUT2D eigenvalue weighted by Gasteiger charge is 2.23. The monoisotopic (exact) mass is 276 g/mol. The molecule has 0 aliphatic heterocycles. The zero-order valence-corrected chi connectivity index (χ0v) is 11.0. The van der Waals surface area contributed by atoms with Gasteiger partial charge in [0.25, 0.3) is 10.0 Å². The number of nitrogens with one attached hydrogen (secondary N) is 1. The van der Waals surface area contributed by atoms with Crippen LogP contribution in [-0.4, -0.2) is 18.2 Å². The maximum Gasteiger partial charge on any atom is 0.259 e. The van der Waals surface area contributed by atoms with Gasteiger partial charge in [-0.25, -0.2) is 8.42 Å². The number of aromatic nitrogens is 2. The molecule has 0 bridgehead atoms. The predicted molar refractivity (Wildman–Crippen MR) is 68.3 cm³/mol. The van der Waals surface area contributed by atoms with E-state index in [4.69, 9.17) is 5.26 Å². The average molecular weight is 276 g/mol. The normalized spacial score (nSPS) is 12.8. The lowest BCUT2D eigenvalue weighted by Crippen LogP contribution is -2.29. The summed E-state index contributed by atoms with van der Waals surface area (Å²) in [7, 11) is -2.25. The summed E-state index contributed by atoms with van der Waals surface area (Å²) in [5.41, 5.74) is 0.593. The Labute approximate surface area is 111 Å². The van der Waals surface area contributed by atoms with Crippen molar-refractivity contribution < 1.29 is 8.42 Å². The van der Waals surface area contributed by atoms with Gasteiger partial charge in [-0.3, -0.25) is 4.68 Å². The van der Waals surface area contributed by atoms with Gasteiger partial charge in [-0.15, -0.1) is 0 Å². The summed E-state index contributed by atoms with van der Waals surface area (Å²) in [6.07, 6.45) is 1.39. The van der Waals surface area contributed by atoms with Gasteiger partial charge in [0.1, 0.15) is 6.04 Å². The Morgan fingerprint density at radius 2 is 2.00 bits per heavy atom. The zero-order valence-electron chi connectivity index (χ0n) is 10.2. The van der Waals surface area contributed by atoms with Gasteiger partial charge in [-0.2, -0.15) is 15.1 Å². The molecular weight excluding hydrogens is 264 g/mol. The first kappa shape index (κ1) is 13.3. The number of aryl methyl sites for hydroxylation is 1. The van der Waals surface area contributed by atoms with Crippen molar-refractivity contribution in [3.8, 4) is 6.07 Å². The van der Waals surface area contributed by atoms with Crippen molar-refractivity contribution in [2.24, 2.45) is 7.05 Å². The molecule has 7 heteroatoms. The van der Waals surface area contributed by atoms with Crippen molar-refractivity contribution in [3.05, 3.63) is 48.2 Å². The van der Waals surface area contributed by atoms with Gasteiger partial charge < -0.3 is 0 Å². The van der Waals surface area contributed by atoms with Crippen LogP contribution >= 0.6 is 0 Å². The second-order valence-electron chi connectivity index (χ2n) is 3.89. The minimum Gasteiger partial charge on any atom is -0.256 e. The Morgan fingerprint density at radius 1 is 1.32 bits per heavy atom. The molecule has 2 rings (SSSR count). The molecule has 0 fully saturated rings. The van der Waals surface area contributed by atoms with Crippen LogP contribution < -0.4 is 4.72 Å². The lowest BCUT2D eigenvalue weighted by Gasteiger charge is -2.12. The van der Waals surface area contributed by atoms with Gasteiger partial charge in [0.2, 0.25) is 0 Å². The van der Waals surface area contributed by atoms with Crippen molar-refractivity contribution in [2.75, 3.05) is 0 Å². The van der Waals surface area contributed by atoms with Gasteiger partial charge in [0, 0.05) is 7.05 Å². The van der Waals surface area contributed by atoms with Gasteiger partial charge >= 0.3 is 0 Å². The summed E-state index contributed by atoms with van der Waals surface area (Å²) >= 11 is 0. The molecule has 1 atom stereocenters. The summed E-state index contributed by atoms with van der Waals surface area (Å²) in [6, 6.07) is 11.1. The molecule has 0 radical (unpaired) electrons. The number of nitriles is 1. The van der Waals surface area contributed by atoms with E-state index < -0.39 is 16.1 Å². The maximum atomic E-state index is 12.1. The molecule has 1 aromatic carbocycles. The summed E-state index contributed by atoms with van der Waals surface area (Å²) in [5, 5.41) is 12.9. The van der Waals surface area contributed by atoms with Crippen molar-refractivity contribution in [2.45, 2.75) is 11.1 Å². The number of hydrogen-bond donors (Lipinski definition) is 1. The van der Waals surface area contributed by atoms with E-state index in [9.17, 15) is 8.42 Å². The third-order valence-corrected chi connectivity index (χ3v) is 4.08. The van der Waals surface area contributed by atoms with Gasteiger partial charge in [-0.1, -0.05) is 30.3 Å². The van der Waals surface area contributed by atoms with Crippen LogP contribution in [0.2, 0.25) is 0 Å². The standard InChI is InChI=1S/C12H12N4O2S/c1-16-12(7-8-14-16)19(17,18)15-11(9-13)10-5-3-2-4-6-10/h2-8,11,15H,1H3. The molecule has 1 aromatic heterocycles. The van der Waals surface area contributed by atoms with Crippen LogP contribution in [0, 0.1) is 11.3 Å². The van der Waals surface area contributed by atoms with Crippen molar-refractivity contribution in [1.29, 1.82) is 5.26 Å². The number of nitrogens with zero attached hydrogens (tertiary/aromatic N) is 3. The van der Waals surface area contributed by atoms with Crippen LogP contribution in [0.15, 0.2) is 47.6 Å². The molecule has 0 amide bonds. The quantitative estimate of drug-likeness (QED) is 0.901. The highest BCUT2D eigenvalue weighted by molar-refractivity contribution is 7.89. The number of benzene rings is 1. The Morgan fingerprint density at radius 3 is 2.53 bits per heavy atom. The molecule has 1 heterocycles. The number of sulfonamides is 1. The number of hydrogen-bond acceptors (Lipinski definition) is 4. The van der Waals surface area contributed by atoms with E-state index >= 15 is 0 Å². The van der Waals surface area contributed by atoms with E-state index in [-0.39, 0.29) is 5.03 Å². The predicted octanol–water partition coefficient (Wildman–Crippen LogP) is 0.963. The molecule has 0 aliphatic carbocycles. The Kier molecular flexibility index (Phi) is 3.64. The zero-order chi connectivity index (χ0) is 13.9. The largest absolute Gasteiger partial charge is 0.259 e. The molecule has 6 nitrogen and oxygen atoms in total. The summed E-state index contributed by atoms with van der Waals surface area (Å²) in [6.45, 7) is 0. The second-order valence-corrected chi connectivity index (χ2v) is 5.55. The molecular formula is C12H12N4O2S. The fourth-order valence-corrected chi connectivity index (χ4v) is 2.91. The second kappa shape index (κ2) is 5.22. The van der Waals surface area contributed by atoms with E-state index in [0.717, 1.165) is 0 Å². The third kappa shape index (κ3) is 2.81. The molecule has 1 N–H and O–H groups in total. The van der Waals surface area contributed by atoms with Crippen LogP contribution in [0.3, 0.4) is 0 Å². The summed E-state index contributed by atoms with van der Waals surface area (Å²) < 4.78 is 27.9. The van der Waals surface area contributed by atoms with Crippen molar-refractivity contribution in [3.63, 3.8) is 0 Å². The van der Waals surface area contributed by atoms with Gasteiger partial charge in [-0.05, 0) is 11.6 Å². The molecule has 0 aliphatic rings. The fourth-order valence-electron chi connectivity index (χ4n) is 1.66. The van der Waals surface area contributed by atoms with Gasteiger partial charge in [0.15, 0.2) is 5.03 Å². The van der Waals surface area contributed by atoms with Crippen LogP contribution in [0.5, 0.6) is 0 Å². The fraction of sp³-hybridized carbons (Fsp3) is 0.167. The van der Waals surface area contributed by atoms with Crippen LogP contribution in [0.25, 0.3) is 0 Å².